The molecule has 1 aromatic carbocycles. The highest BCUT2D eigenvalue weighted by atomic mass is 19.1. The van der Waals surface area contributed by atoms with Gasteiger partial charge in [-0.15, -0.1) is 0 Å². The van der Waals surface area contributed by atoms with Gasteiger partial charge in [0.25, 0.3) is 5.91 Å². The van der Waals surface area contributed by atoms with E-state index < -0.39 is 23.9 Å². The summed E-state index contributed by atoms with van der Waals surface area (Å²) in [6.45, 7) is 1.05. The van der Waals surface area contributed by atoms with Crippen molar-refractivity contribution >= 4 is 17.3 Å². The van der Waals surface area contributed by atoms with Crippen molar-refractivity contribution in [2.45, 2.75) is 25.0 Å². The summed E-state index contributed by atoms with van der Waals surface area (Å²) in [7, 11) is 0. The predicted molar refractivity (Wildman–Crippen MR) is 67.4 cm³/mol. The van der Waals surface area contributed by atoms with Gasteiger partial charge >= 0.3 is 0 Å². The molecule has 1 amide bonds. The first kappa shape index (κ1) is 12.4. The van der Waals surface area contributed by atoms with Crippen molar-refractivity contribution in [3.05, 3.63) is 23.5 Å². The Hall–Kier alpha value is -1.66. The number of anilines is 2. The van der Waals surface area contributed by atoms with Crippen LogP contribution < -0.4 is 10.2 Å². The van der Waals surface area contributed by atoms with Crippen LogP contribution in [0.2, 0.25) is 0 Å². The smallest absolute Gasteiger partial charge is 0.257 e. The number of nitrogens with one attached hydrogen (secondary N) is 1. The standard InChI is InChI=1S/C13H15FN2O3/c14-9-4-8-10(15-13(19)12(8)18)5-11(9)16-3-1-2-7(17)6-16/h4-5,7,12,17-18H,1-3,6H2,(H,15,19). The van der Waals surface area contributed by atoms with Gasteiger partial charge in [-0.05, 0) is 25.0 Å². The lowest BCUT2D eigenvalue weighted by atomic mass is 10.1. The molecule has 0 bridgehead atoms. The maximum Gasteiger partial charge on any atom is 0.257 e. The molecular formula is C13H15FN2O3. The van der Waals surface area contributed by atoms with E-state index in [0.717, 1.165) is 12.8 Å². The van der Waals surface area contributed by atoms with Crippen LogP contribution in [-0.2, 0) is 4.79 Å². The number of rotatable bonds is 1. The van der Waals surface area contributed by atoms with Crippen molar-refractivity contribution in [1.29, 1.82) is 0 Å². The molecular weight excluding hydrogens is 251 g/mol. The Morgan fingerprint density at radius 3 is 2.89 bits per heavy atom. The Morgan fingerprint density at radius 2 is 2.16 bits per heavy atom. The predicted octanol–water partition coefficient (Wildman–Crippen LogP) is 0.772. The monoisotopic (exact) mass is 266 g/mol. The summed E-state index contributed by atoms with van der Waals surface area (Å²) in [4.78, 5) is 13.1. The zero-order valence-corrected chi connectivity index (χ0v) is 10.3. The van der Waals surface area contributed by atoms with Gasteiger partial charge in [-0.25, -0.2) is 4.39 Å². The lowest BCUT2D eigenvalue weighted by Gasteiger charge is -2.32. The fraction of sp³-hybridized carbons (Fsp3) is 0.462. The topological polar surface area (TPSA) is 72.8 Å². The van der Waals surface area contributed by atoms with E-state index in [0.29, 0.717) is 24.5 Å². The van der Waals surface area contributed by atoms with Crippen LogP contribution in [0.5, 0.6) is 0 Å². The van der Waals surface area contributed by atoms with E-state index in [1.54, 1.807) is 4.90 Å². The molecule has 3 rings (SSSR count). The van der Waals surface area contributed by atoms with Crippen LogP contribution in [0, 0.1) is 5.82 Å². The van der Waals surface area contributed by atoms with Crippen LogP contribution in [0.4, 0.5) is 15.8 Å². The molecule has 6 heteroatoms. The first-order valence-corrected chi connectivity index (χ1v) is 6.31. The molecule has 1 aromatic rings. The molecule has 3 N–H and O–H groups in total. The lowest BCUT2D eigenvalue weighted by Crippen LogP contribution is -2.38. The van der Waals surface area contributed by atoms with Crippen LogP contribution in [-0.4, -0.2) is 35.3 Å². The molecule has 5 nitrogen and oxygen atoms in total. The van der Waals surface area contributed by atoms with Gasteiger partial charge in [0.05, 0.1) is 11.8 Å². The summed E-state index contributed by atoms with van der Waals surface area (Å²) in [5, 5.41) is 21.7. The second-order valence-electron chi connectivity index (χ2n) is 5.02. The van der Waals surface area contributed by atoms with Gasteiger partial charge in [-0.3, -0.25) is 4.79 Å². The number of carbonyl (C=O) groups is 1. The second-order valence-corrected chi connectivity index (χ2v) is 5.02. The molecule has 1 saturated heterocycles. The molecule has 2 unspecified atom stereocenters. The molecule has 0 aromatic heterocycles. The Morgan fingerprint density at radius 1 is 1.37 bits per heavy atom. The molecule has 0 aliphatic carbocycles. The summed E-state index contributed by atoms with van der Waals surface area (Å²) < 4.78 is 14.1. The van der Waals surface area contributed by atoms with Crippen molar-refractivity contribution in [2.24, 2.45) is 0 Å². The molecule has 0 radical (unpaired) electrons. The van der Waals surface area contributed by atoms with E-state index in [1.807, 2.05) is 0 Å². The number of carbonyl (C=O) groups excluding carboxylic acids is 1. The number of aliphatic hydroxyl groups is 2. The molecule has 2 heterocycles. The van der Waals surface area contributed by atoms with Gasteiger partial charge in [-0.2, -0.15) is 0 Å². The van der Waals surface area contributed by atoms with Crippen molar-refractivity contribution in [1.82, 2.24) is 0 Å². The van der Waals surface area contributed by atoms with Gasteiger partial charge in [0.2, 0.25) is 0 Å². The van der Waals surface area contributed by atoms with E-state index in [9.17, 15) is 19.4 Å². The second kappa shape index (κ2) is 4.47. The highest BCUT2D eigenvalue weighted by molar-refractivity contribution is 6.02. The van der Waals surface area contributed by atoms with Gasteiger partial charge in [0.15, 0.2) is 6.10 Å². The fourth-order valence-electron chi connectivity index (χ4n) is 2.67. The Bertz CT molecular complexity index is 535. The summed E-state index contributed by atoms with van der Waals surface area (Å²) in [5.41, 5.74) is 1.06. The highest BCUT2D eigenvalue weighted by Crippen LogP contribution is 2.36. The zero-order chi connectivity index (χ0) is 13.6. The van der Waals surface area contributed by atoms with E-state index >= 15 is 0 Å². The minimum absolute atomic E-state index is 0.267. The fourth-order valence-corrected chi connectivity index (χ4v) is 2.67. The van der Waals surface area contributed by atoms with Crippen molar-refractivity contribution in [2.75, 3.05) is 23.3 Å². The minimum Gasteiger partial charge on any atom is -0.391 e. The van der Waals surface area contributed by atoms with Crippen molar-refractivity contribution in [3.63, 3.8) is 0 Å². The molecule has 2 atom stereocenters. The molecule has 102 valence electrons. The van der Waals surface area contributed by atoms with Crippen molar-refractivity contribution < 1.29 is 19.4 Å². The number of hydrogen-bond acceptors (Lipinski definition) is 4. The summed E-state index contributed by atoms with van der Waals surface area (Å²) >= 11 is 0. The van der Waals surface area contributed by atoms with E-state index in [4.69, 9.17) is 0 Å². The van der Waals surface area contributed by atoms with Crippen LogP contribution >= 0.6 is 0 Å². The van der Waals surface area contributed by atoms with E-state index in [-0.39, 0.29) is 5.56 Å². The molecule has 0 saturated carbocycles. The van der Waals surface area contributed by atoms with Crippen LogP contribution in [0.25, 0.3) is 0 Å². The van der Waals surface area contributed by atoms with Crippen LogP contribution in [0.3, 0.4) is 0 Å². The number of benzene rings is 1. The molecule has 0 spiro atoms. The number of amides is 1. The Kier molecular flexibility index (Phi) is 2.91. The molecule has 2 aliphatic heterocycles. The third-order valence-electron chi connectivity index (χ3n) is 3.66. The highest BCUT2D eigenvalue weighted by Gasteiger charge is 2.31. The average molecular weight is 266 g/mol. The first-order valence-electron chi connectivity index (χ1n) is 6.31. The quantitative estimate of drug-likeness (QED) is 0.702. The van der Waals surface area contributed by atoms with Gasteiger partial charge in [0.1, 0.15) is 5.82 Å². The summed E-state index contributed by atoms with van der Waals surface area (Å²) in [6, 6.07) is 2.71. The number of β-amino-alcohol motifs (C(OH)–C–C–N with tert-alkyl or cyclic N) is 1. The number of piperidine rings is 1. The van der Waals surface area contributed by atoms with Gasteiger partial charge in [-0.1, -0.05) is 0 Å². The van der Waals surface area contributed by atoms with E-state index in [2.05, 4.69) is 5.32 Å². The first-order chi connectivity index (χ1) is 9.06. The summed E-state index contributed by atoms with van der Waals surface area (Å²) in [5.74, 6) is -1.02. The normalized spacial score (nSPS) is 26.3. The third kappa shape index (κ3) is 2.06. The van der Waals surface area contributed by atoms with Crippen LogP contribution in [0.1, 0.15) is 24.5 Å². The molecule has 1 fully saturated rings. The Balaban J connectivity index is 1.95. The number of halogens is 1. The van der Waals surface area contributed by atoms with Gasteiger partial charge in [0, 0.05) is 24.3 Å². The van der Waals surface area contributed by atoms with Gasteiger partial charge < -0.3 is 20.4 Å². The number of aliphatic hydroxyl groups excluding tert-OH is 2. The number of hydrogen-bond donors (Lipinski definition) is 3. The maximum atomic E-state index is 14.1. The zero-order valence-electron chi connectivity index (χ0n) is 10.3. The van der Waals surface area contributed by atoms with Crippen molar-refractivity contribution in [3.8, 4) is 0 Å². The van der Waals surface area contributed by atoms with Crippen LogP contribution in [0.15, 0.2) is 12.1 Å². The Labute approximate surface area is 109 Å². The molecule has 19 heavy (non-hydrogen) atoms. The van der Waals surface area contributed by atoms with E-state index in [1.165, 1.54) is 12.1 Å². The minimum atomic E-state index is -1.30. The SMILES string of the molecule is O=C1Nc2cc(N3CCCC(O)C3)c(F)cc2C1O. The molecule has 2 aliphatic rings. The number of nitrogens with zero attached hydrogens (tertiary/aromatic N) is 1. The maximum absolute atomic E-state index is 14.1. The lowest BCUT2D eigenvalue weighted by molar-refractivity contribution is -0.123. The summed E-state index contributed by atoms with van der Waals surface area (Å²) in [6.07, 6.45) is -0.238. The average Bonchev–Trinajstić information content (AvgIpc) is 2.65. The third-order valence-corrected chi connectivity index (χ3v) is 3.66. The number of fused-ring (bicyclic) bond motifs is 1. The largest absolute Gasteiger partial charge is 0.391 e.